The van der Waals surface area contributed by atoms with Crippen molar-refractivity contribution in [2.45, 2.75) is 39.7 Å². The van der Waals surface area contributed by atoms with E-state index in [0.717, 1.165) is 31.9 Å². The molecule has 1 saturated heterocycles. The van der Waals surface area contributed by atoms with Crippen molar-refractivity contribution in [3.8, 4) is 0 Å². The van der Waals surface area contributed by atoms with Gasteiger partial charge in [-0.1, -0.05) is 20.8 Å². The van der Waals surface area contributed by atoms with E-state index in [1.807, 2.05) is 12.1 Å². The molecule has 0 spiro atoms. The number of piperidine rings is 1. The molecule has 130 valence electrons. The summed E-state index contributed by atoms with van der Waals surface area (Å²) in [5.74, 6) is 1.73. The van der Waals surface area contributed by atoms with Gasteiger partial charge in [0.15, 0.2) is 0 Å². The highest BCUT2D eigenvalue weighted by Crippen LogP contribution is 2.20. The standard InChI is InChI=1S/C18H31N3O2/c1-4-21(5-2)16(17-9-7-11-23-17)12-19-18(22)14-20-10-6-8-15(3)13-20/h7,9,11,15-16H,4-6,8,10,12-14H2,1-3H3,(H,19,22). The molecule has 1 aliphatic rings. The number of likely N-dealkylation sites (N-methyl/N-ethyl adjacent to an activating group) is 1. The Morgan fingerprint density at radius 2 is 2.26 bits per heavy atom. The van der Waals surface area contributed by atoms with E-state index in [1.54, 1.807) is 6.26 Å². The topological polar surface area (TPSA) is 48.7 Å². The van der Waals surface area contributed by atoms with Gasteiger partial charge in [0, 0.05) is 13.1 Å². The summed E-state index contributed by atoms with van der Waals surface area (Å²) in [5, 5.41) is 3.10. The molecule has 0 aliphatic carbocycles. The number of carbonyl (C=O) groups is 1. The summed E-state index contributed by atoms with van der Waals surface area (Å²) in [4.78, 5) is 16.9. The van der Waals surface area contributed by atoms with Gasteiger partial charge in [0.25, 0.3) is 0 Å². The van der Waals surface area contributed by atoms with Crippen LogP contribution < -0.4 is 5.32 Å². The fourth-order valence-corrected chi connectivity index (χ4v) is 3.45. The third-order valence-corrected chi connectivity index (χ3v) is 4.73. The molecule has 1 aromatic rings. The van der Waals surface area contributed by atoms with E-state index in [2.05, 4.69) is 35.9 Å². The Bertz CT molecular complexity index is 457. The maximum atomic E-state index is 12.3. The van der Waals surface area contributed by atoms with E-state index in [9.17, 15) is 4.79 Å². The predicted octanol–water partition coefficient (Wildman–Crippen LogP) is 2.51. The Hall–Kier alpha value is -1.33. The molecule has 0 saturated carbocycles. The molecule has 1 fully saturated rings. The van der Waals surface area contributed by atoms with E-state index in [1.165, 1.54) is 12.8 Å². The van der Waals surface area contributed by atoms with E-state index in [0.29, 0.717) is 19.0 Å². The average molecular weight is 321 g/mol. The van der Waals surface area contributed by atoms with E-state index in [-0.39, 0.29) is 11.9 Å². The zero-order chi connectivity index (χ0) is 16.7. The van der Waals surface area contributed by atoms with Crippen LogP contribution in [-0.2, 0) is 4.79 Å². The number of likely N-dealkylation sites (tertiary alicyclic amines) is 1. The van der Waals surface area contributed by atoms with Crippen LogP contribution in [-0.4, -0.2) is 55.0 Å². The zero-order valence-corrected chi connectivity index (χ0v) is 14.8. The molecule has 1 aliphatic heterocycles. The van der Waals surface area contributed by atoms with E-state index < -0.39 is 0 Å². The Morgan fingerprint density at radius 3 is 2.87 bits per heavy atom. The lowest BCUT2D eigenvalue weighted by atomic mass is 10.0. The Kier molecular flexibility index (Phi) is 7.12. The molecule has 0 bridgehead atoms. The number of nitrogens with zero attached hydrogens (tertiary/aromatic N) is 2. The van der Waals surface area contributed by atoms with Crippen LogP contribution in [0.3, 0.4) is 0 Å². The van der Waals surface area contributed by atoms with Crippen LogP contribution in [0.4, 0.5) is 0 Å². The van der Waals surface area contributed by atoms with Gasteiger partial charge >= 0.3 is 0 Å². The predicted molar refractivity (Wildman–Crippen MR) is 92.2 cm³/mol. The van der Waals surface area contributed by atoms with Crippen molar-refractivity contribution in [3.63, 3.8) is 0 Å². The summed E-state index contributed by atoms with van der Waals surface area (Å²) in [6, 6.07) is 3.99. The Morgan fingerprint density at radius 1 is 1.48 bits per heavy atom. The molecule has 2 atom stereocenters. The van der Waals surface area contributed by atoms with Crippen LogP contribution in [0, 0.1) is 5.92 Å². The first kappa shape index (κ1) is 18.0. The van der Waals surface area contributed by atoms with E-state index in [4.69, 9.17) is 4.42 Å². The first-order valence-corrected chi connectivity index (χ1v) is 8.90. The minimum Gasteiger partial charge on any atom is -0.468 e. The van der Waals surface area contributed by atoms with Crippen molar-refractivity contribution in [2.24, 2.45) is 5.92 Å². The largest absolute Gasteiger partial charge is 0.468 e. The van der Waals surface area contributed by atoms with Gasteiger partial charge in [0.2, 0.25) is 5.91 Å². The van der Waals surface area contributed by atoms with E-state index >= 15 is 0 Å². The number of rotatable bonds is 8. The van der Waals surface area contributed by atoms with Crippen molar-refractivity contribution in [1.29, 1.82) is 0 Å². The normalized spacial score (nSPS) is 20.6. The number of nitrogens with one attached hydrogen (secondary N) is 1. The molecular formula is C18H31N3O2. The Labute approximate surface area is 140 Å². The maximum absolute atomic E-state index is 12.3. The number of furan rings is 1. The van der Waals surface area contributed by atoms with Crippen LogP contribution in [0.15, 0.2) is 22.8 Å². The second-order valence-corrected chi connectivity index (χ2v) is 6.54. The Balaban J connectivity index is 1.86. The highest BCUT2D eigenvalue weighted by molar-refractivity contribution is 5.78. The van der Waals surface area contributed by atoms with Crippen molar-refractivity contribution in [1.82, 2.24) is 15.1 Å². The molecular weight excluding hydrogens is 290 g/mol. The fraction of sp³-hybridized carbons (Fsp3) is 0.722. The van der Waals surface area contributed by atoms with Crippen LogP contribution in [0.2, 0.25) is 0 Å². The smallest absolute Gasteiger partial charge is 0.234 e. The summed E-state index contributed by atoms with van der Waals surface area (Å²) in [6.45, 7) is 11.6. The molecule has 2 rings (SSSR count). The highest BCUT2D eigenvalue weighted by atomic mass is 16.3. The summed E-state index contributed by atoms with van der Waals surface area (Å²) in [5.41, 5.74) is 0. The number of hydrogen-bond donors (Lipinski definition) is 1. The van der Waals surface area contributed by atoms with Gasteiger partial charge < -0.3 is 9.73 Å². The van der Waals surface area contributed by atoms with Crippen LogP contribution >= 0.6 is 0 Å². The van der Waals surface area contributed by atoms with Gasteiger partial charge in [-0.25, -0.2) is 0 Å². The van der Waals surface area contributed by atoms with Crippen molar-refractivity contribution in [3.05, 3.63) is 24.2 Å². The fourth-order valence-electron chi connectivity index (χ4n) is 3.45. The molecule has 1 N–H and O–H groups in total. The lowest BCUT2D eigenvalue weighted by Gasteiger charge is -2.31. The average Bonchev–Trinajstić information content (AvgIpc) is 3.05. The molecule has 2 unspecified atom stereocenters. The van der Waals surface area contributed by atoms with Crippen LogP contribution in [0.25, 0.3) is 0 Å². The minimum absolute atomic E-state index is 0.101. The lowest BCUT2D eigenvalue weighted by molar-refractivity contribution is -0.122. The van der Waals surface area contributed by atoms with Crippen LogP contribution in [0.1, 0.15) is 45.4 Å². The monoisotopic (exact) mass is 321 g/mol. The van der Waals surface area contributed by atoms with Gasteiger partial charge in [-0.05, 0) is 50.5 Å². The van der Waals surface area contributed by atoms with Crippen molar-refractivity contribution in [2.75, 3.05) is 39.3 Å². The number of amides is 1. The minimum atomic E-state index is 0.101. The van der Waals surface area contributed by atoms with Crippen LogP contribution in [0.5, 0.6) is 0 Å². The first-order chi connectivity index (χ1) is 11.1. The molecule has 5 nitrogen and oxygen atoms in total. The lowest BCUT2D eigenvalue weighted by Crippen LogP contribution is -2.44. The molecule has 0 radical (unpaired) electrons. The van der Waals surface area contributed by atoms with Gasteiger partial charge in [-0.2, -0.15) is 0 Å². The SMILES string of the molecule is CCN(CC)C(CNC(=O)CN1CCCC(C)C1)c1ccco1. The molecule has 1 amide bonds. The third kappa shape index (κ3) is 5.36. The maximum Gasteiger partial charge on any atom is 0.234 e. The van der Waals surface area contributed by atoms with Crippen molar-refractivity contribution >= 4 is 5.91 Å². The number of hydrogen-bond acceptors (Lipinski definition) is 4. The molecule has 5 heteroatoms. The molecule has 0 aromatic carbocycles. The second kappa shape index (κ2) is 9.08. The summed E-state index contributed by atoms with van der Waals surface area (Å²) < 4.78 is 5.57. The summed E-state index contributed by atoms with van der Waals surface area (Å²) >= 11 is 0. The highest BCUT2D eigenvalue weighted by Gasteiger charge is 2.23. The molecule has 1 aromatic heterocycles. The molecule has 23 heavy (non-hydrogen) atoms. The molecule has 2 heterocycles. The van der Waals surface area contributed by atoms with Gasteiger partial charge in [0.05, 0.1) is 18.8 Å². The summed E-state index contributed by atoms with van der Waals surface area (Å²) in [7, 11) is 0. The van der Waals surface area contributed by atoms with Gasteiger partial charge in [-0.15, -0.1) is 0 Å². The van der Waals surface area contributed by atoms with Gasteiger partial charge in [0.1, 0.15) is 5.76 Å². The third-order valence-electron chi connectivity index (χ3n) is 4.73. The van der Waals surface area contributed by atoms with Crippen molar-refractivity contribution < 1.29 is 9.21 Å². The zero-order valence-electron chi connectivity index (χ0n) is 14.8. The van der Waals surface area contributed by atoms with Gasteiger partial charge in [-0.3, -0.25) is 14.6 Å². The summed E-state index contributed by atoms with van der Waals surface area (Å²) in [6.07, 6.45) is 4.17. The second-order valence-electron chi connectivity index (χ2n) is 6.54. The number of carbonyl (C=O) groups excluding carboxylic acids is 1. The quantitative estimate of drug-likeness (QED) is 0.799. The first-order valence-electron chi connectivity index (χ1n) is 8.90.